The number of nitro groups is 1. The number of benzene rings is 3. The van der Waals surface area contributed by atoms with Crippen LogP contribution in [0.4, 0.5) is 5.69 Å². The molecule has 0 radical (unpaired) electrons. The SMILES string of the molecule is O=[N+]([O-])c1cccc(CO/N=C\c2ccccc2OCc2ccc(Br)cc2)c1. The second-order valence-corrected chi connectivity index (χ2v) is 6.80. The molecule has 6 nitrogen and oxygen atoms in total. The summed E-state index contributed by atoms with van der Waals surface area (Å²) < 4.78 is 6.90. The largest absolute Gasteiger partial charge is 0.488 e. The molecule has 142 valence electrons. The van der Waals surface area contributed by atoms with E-state index in [4.69, 9.17) is 9.57 Å². The van der Waals surface area contributed by atoms with E-state index in [1.165, 1.54) is 12.1 Å². The van der Waals surface area contributed by atoms with Crippen LogP contribution in [0.25, 0.3) is 0 Å². The lowest BCUT2D eigenvalue weighted by Gasteiger charge is -2.09. The summed E-state index contributed by atoms with van der Waals surface area (Å²) in [6.07, 6.45) is 1.56. The number of nitrogens with zero attached hydrogens (tertiary/aromatic N) is 2. The van der Waals surface area contributed by atoms with Crippen LogP contribution in [0.2, 0.25) is 0 Å². The van der Waals surface area contributed by atoms with Crippen molar-refractivity contribution in [2.24, 2.45) is 5.16 Å². The van der Waals surface area contributed by atoms with E-state index in [9.17, 15) is 10.1 Å². The smallest absolute Gasteiger partial charge is 0.269 e. The van der Waals surface area contributed by atoms with Gasteiger partial charge in [0.05, 0.1) is 11.1 Å². The first-order valence-corrected chi connectivity index (χ1v) is 9.26. The third-order valence-electron chi connectivity index (χ3n) is 3.85. The molecule has 0 fully saturated rings. The predicted molar refractivity (Wildman–Crippen MR) is 110 cm³/mol. The topological polar surface area (TPSA) is 74.0 Å². The normalized spacial score (nSPS) is 10.8. The molecule has 0 aliphatic heterocycles. The lowest BCUT2D eigenvalue weighted by Crippen LogP contribution is -1.98. The maximum absolute atomic E-state index is 10.8. The highest BCUT2D eigenvalue weighted by Crippen LogP contribution is 2.19. The highest BCUT2D eigenvalue weighted by atomic mass is 79.9. The van der Waals surface area contributed by atoms with Crippen LogP contribution < -0.4 is 4.74 Å². The molecule has 0 N–H and O–H groups in total. The van der Waals surface area contributed by atoms with E-state index in [0.717, 1.165) is 15.6 Å². The number of hydrogen-bond donors (Lipinski definition) is 0. The van der Waals surface area contributed by atoms with Gasteiger partial charge in [-0.2, -0.15) is 0 Å². The van der Waals surface area contributed by atoms with Gasteiger partial charge < -0.3 is 9.57 Å². The highest BCUT2D eigenvalue weighted by Gasteiger charge is 2.06. The van der Waals surface area contributed by atoms with Crippen molar-refractivity contribution >= 4 is 27.8 Å². The van der Waals surface area contributed by atoms with Crippen molar-refractivity contribution in [2.75, 3.05) is 0 Å². The molecule has 0 bridgehead atoms. The van der Waals surface area contributed by atoms with Crippen LogP contribution in [-0.4, -0.2) is 11.1 Å². The molecule has 3 rings (SSSR count). The first kappa shape index (κ1) is 19.6. The van der Waals surface area contributed by atoms with E-state index >= 15 is 0 Å². The van der Waals surface area contributed by atoms with Crippen LogP contribution in [0.3, 0.4) is 0 Å². The number of para-hydroxylation sites is 1. The van der Waals surface area contributed by atoms with Crippen molar-refractivity contribution in [3.8, 4) is 5.75 Å². The van der Waals surface area contributed by atoms with E-state index in [-0.39, 0.29) is 12.3 Å². The molecule has 7 heteroatoms. The van der Waals surface area contributed by atoms with Gasteiger partial charge in [0, 0.05) is 22.2 Å². The van der Waals surface area contributed by atoms with Gasteiger partial charge in [-0.1, -0.05) is 57.5 Å². The van der Waals surface area contributed by atoms with Crippen molar-refractivity contribution < 1.29 is 14.5 Å². The maximum atomic E-state index is 10.8. The summed E-state index contributed by atoms with van der Waals surface area (Å²) >= 11 is 3.41. The minimum absolute atomic E-state index is 0.0248. The number of non-ortho nitro benzene ring substituents is 1. The Morgan fingerprint density at radius 2 is 1.75 bits per heavy atom. The zero-order valence-corrected chi connectivity index (χ0v) is 16.4. The lowest BCUT2D eigenvalue weighted by molar-refractivity contribution is -0.384. The molecule has 28 heavy (non-hydrogen) atoms. The van der Waals surface area contributed by atoms with E-state index < -0.39 is 4.92 Å². The van der Waals surface area contributed by atoms with Crippen molar-refractivity contribution in [2.45, 2.75) is 13.2 Å². The summed E-state index contributed by atoms with van der Waals surface area (Å²) in [7, 11) is 0. The molecule has 0 spiro atoms. The number of ether oxygens (including phenoxy) is 1. The fraction of sp³-hybridized carbons (Fsp3) is 0.0952. The van der Waals surface area contributed by atoms with Gasteiger partial charge in [-0.25, -0.2) is 0 Å². The summed E-state index contributed by atoms with van der Waals surface area (Å²) in [5, 5.41) is 14.8. The van der Waals surface area contributed by atoms with Crippen LogP contribution in [-0.2, 0) is 18.1 Å². The molecule has 0 amide bonds. The molecule has 3 aromatic rings. The Labute approximate surface area is 170 Å². The second-order valence-electron chi connectivity index (χ2n) is 5.89. The third-order valence-corrected chi connectivity index (χ3v) is 4.37. The number of nitro benzene ring substituents is 1. The molecule has 0 saturated carbocycles. The zero-order chi connectivity index (χ0) is 19.8. The molecule has 3 aromatic carbocycles. The Balaban J connectivity index is 1.59. The predicted octanol–water partition coefficient (Wildman–Crippen LogP) is 5.49. The van der Waals surface area contributed by atoms with E-state index in [1.54, 1.807) is 18.3 Å². The van der Waals surface area contributed by atoms with Crippen LogP contribution in [0.5, 0.6) is 5.75 Å². The van der Waals surface area contributed by atoms with E-state index in [2.05, 4.69) is 21.1 Å². The summed E-state index contributed by atoms with van der Waals surface area (Å²) in [6, 6.07) is 21.7. The quantitative estimate of drug-likeness (QED) is 0.263. The van der Waals surface area contributed by atoms with Crippen molar-refractivity contribution in [3.63, 3.8) is 0 Å². The second kappa shape index (κ2) is 9.66. The molecule has 0 heterocycles. The van der Waals surface area contributed by atoms with Gasteiger partial charge in [-0.15, -0.1) is 0 Å². The Hall–Kier alpha value is -3.19. The van der Waals surface area contributed by atoms with Gasteiger partial charge in [0.1, 0.15) is 19.0 Å². The summed E-state index contributed by atoms with van der Waals surface area (Å²) in [4.78, 5) is 15.6. The zero-order valence-electron chi connectivity index (χ0n) is 14.8. The number of halogens is 1. The van der Waals surface area contributed by atoms with Crippen molar-refractivity contribution in [3.05, 3.63) is 104 Å². The minimum Gasteiger partial charge on any atom is -0.488 e. The number of rotatable bonds is 8. The van der Waals surface area contributed by atoms with E-state index in [1.807, 2.05) is 48.5 Å². The fourth-order valence-electron chi connectivity index (χ4n) is 2.43. The Kier molecular flexibility index (Phi) is 6.75. The standard InChI is InChI=1S/C21H17BrN2O4/c22-19-10-8-16(9-11-19)14-27-21-7-2-1-5-18(21)13-23-28-15-17-4-3-6-20(12-17)24(25)26/h1-13H,14-15H2/b23-13-. The average molecular weight is 441 g/mol. The van der Waals surface area contributed by atoms with Gasteiger partial charge in [0.15, 0.2) is 0 Å². The summed E-state index contributed by atoms with van der Waals surface area (Å²) in [5.41, 5.74) is 2.53. The highest BCUT2D eigenvalue weighted by molar-refractivity contribution is 9.10. The van der Waals surface area contributed by atoms with Gasteiger partial charge in [0.25, 0.3) is 5.69 Å². The van der Waals surface area contributed by atoms with Gasteiger partial charge in [0.2, 0.25) is 0 Å². The molecule has 0 saturated heterocycles. The van der Waals surface area contributed by atoms with Crippen LogP contribution >= 0.6 is 15.9 Å². The average Bonchev–Trinajstić information content (AvgIpc) is 2.72. The number of hydrogen-bond acceptors (Lipinski definition) is 5. The Morgan fingerprint density at radius 3 is 2.54 bits per heavy atom. The first-order chi connectivity index (χ1) is 13.6. The maximum Gasteiger partial charge on any atom is 0.269 e. The third kappa shape index (κ3) is 5.65. The summed E-state index contributed by atoms with van der Waals surface area (Å²) in [6.45, 7) is 0.576. The Morgan fingerprint density at radius 1 is 0.964 bits per heavy atom. The molecule has 0 atom stereocenters. The first-order valence-electron chi connectivity index (χ1n) is 8.47. The lowest BCUT2D eigenvalue weighted by atomic mass is 10.2. The van der Waals surface area contributed by atoms with Gasteiger partial charge >= 0.3 is 0 Å². The molecule has 0 aliphatic carbocycles. The molecule has 0 aliphatic rings. The monoisotopic (exact) mass is 440 g/mol. The van der Waals surface area contributed by atoms with Crippen molar-refractivity contribution in [1.82, 2.24) is 0 Å². The van der Waals surface area contributed by atoms with Gasteiger partial charge in [-0.05, 0) is 35.4 Å². The molecular formula is C21H17BrN2O4. The van der Waals surface area contributed by atoms with Crippen LogP contribution in [0.1, 0.15) is 16.7 Å². The van der Waals surface area contributed by atoms with E-state index in [0.29, 0.717) is 17.9 Å². The summed E-state index contributed by atoms with van der Waals surface area (Å²) in [5.74, 6) is 0.688. The Bertz CT molecular complexity index is 974. The molecule has 0 aromatic heterocycles. The van der Waals surface area contributed by atoms with Gasteiger partial charge in [-0.3, -0.25) is 10.1 Å². The minimum atomic E-state index is -0.439. The number of oxime groups is 1. The fourth-order valence-corrected chi connectivity index (χ4v) is 2.69. The molecule has 0 unspecified atom stereocenters. The van der Waals surface area contributed by atoms with Crippen molar-refractivity contribution in [1.29, 1.82) is 0 Å². The van der Waals surface area contributed by atoms with Crippen LogP contribution in [0.15, 0.2) is 82.4 Å². The molecular weight excluding hydrogens is 424 g/mol. The van der Waals surface area contributed by atoms with Crippen LogP contribution in [0, 0.1) is 10.1 Å².